The zero-order chi connectivity index (χ0) is 14.8. The number of nitrogens with zero attached hydrogens (tertiary/aromatic N) is 3. The number of carbonyl (C=O) groups is 1. The monoisotopic (exact) mass is 275 g/mol. The summed E-state index contributed by atoms with van der Waals surface area (Å²) in [5.41, 5.74) is -0.714. The number of aromatic nitrogens is 2. The van der Waals surface area contributed by atoms with Crippen molar-refractivity contribution >= 4 is 6.09 Å². The van der Waals surface area contributed by atoms with Crippen LogP contribution in [0.1, 0.15) is 39.9 Å². The fourth-order valence-corrected chi connectivity index (χ4v) is 2.02. The Hall–Kier alpha value is -1.91. The minimum Gasteiger partial charge on any atom is -0.443 e. The summed E-state index contributed by atoms with van der Waals surface area (Å²) in [4.78, 5) is 22.2. The molecular formula is C15H21N3O2. The first-order chi connectivity index (χ1) is 9.30. The van der Waals surface area contributed by atoms with E-state index >= 15 is 0 Å². The van der Waals surface area contributed by atoms with Gasteiger partial charge in [-0.2, -0.15) is 0 Å². The molecule has 1 atom stereocenters. The number of ether oxygens (including phenoxy) is 1. The predicted molar refractivity (Wildman–Crippen MR) is 76.1 cm³/mol. The van der Waals surface area contributed by atoms with E-state index in [-0.39, 0.29) is 11.5 Å². The number of allylic oxidation sites excluding steroid dienone is 1. The lowest BCUT2D eigenvalue weighted by molar-refractivity contribution is 0.0316. The van der Waals surface area contributed by atoms with Crippen molar-refractivity contribution in [1.82, 2.24) is 14.9 Å². The zero-order valence-corrected chi connectivity index (χ0v) is 12.5. The third kappa shape index (κ3) is 3.35. The van der Waals surface area contributed by atoms with Gasteiger partial charge in [0.2, 0.25) is 0 Å². The summed E-state index contributed by atoms with van der Waals surface area (Å²) in [5.74, 6) is 0.778. The van der Waals surface area contributed by atoms with E-state index in [4.69, 9.17) is 4.74 Å². The first-order valence-corrected chi connectivity index (χ1v) is 6.77. The Morgan fingerprint density at radius 2 is 2.00 bits per heavy atom. The van der Waals surface area contributed by atoms with Crippen LogP contribution in [0.25, 0.3) is 0 Å². The Morgan fingerprint density at radius 1 is 1.35 bits per heavy atom. The Labute approximate surface area is 119 Å². The topological polar surface area (TPSA) is 55.3 Å². The second-order valence-electron chi connectivity index (χ2n) is 6.23. The minimum absolute atomic E-state index is 0.236. The van der Waals surface area contributed by atoms with Crippen LogP contribution < -0.4 is 0 Å². The van der Waals surface area contributed by atoms with Gasteiger partial charge in [-0.1, -0.05) is 6.08 Å². The number of amides is 1. The van der Waals surface area contributed by atoms with Gasteiger partial charge in [0, 0.05) is 30.6 Å². The van der Waals surface area contributed by atoms with Crippen LogP contribution in [-0.4, -0.2) is 33.1 Å². The third-order valence-corrected chi connectivity index (χ3v) is 3.20. The van der Waals surface area contributed by atoms with Crippen molar-refractivity contribution in [2.24, 2.45) is 0 Å². The Morgan fingerprint density at radius 3 is 2.50 bits per heavy atom. The van der Waals surface area contributed by atoms with E-state index in [0.29, 0.717) is 6.54 Å². The molecule has 1 aromatic rings. The molecule has 1 amide bonds. The van der Waals surface area contributed by atoms with E-state index in [1.165, 1.54) is 0 Å². The average Bonchev–Trinajstić information content (AvgIpc) is 2.38. The van der Waals surface area contributed by atoms with Gasteiger partial charge in [-0.25, -0.2) is 14.8 Å². The van der Waals surface area contributed by atoms with Gasteiger partial charge in [-0.05, 0) is 40.2 Å². The maximum atomic E-state index is 12.0. The quantitative estimate of drug-likeness (QED) is 0.790. The van der Waals surface area contributed by atoms with Crippen molar-refractivity contribution < 1.29 is 9.53 Å². The summed E-state index contributed by atoms with van der Waals surface area (Å²) in [5, 5.41) is 0. The number of hydrogen-bond acceptors (Lipinski definition) is 4. The largest absolute Gasteiger partial charge is 0.443 e. The van der Waals surface area contributed by atoms with E-state index in [1.807, 2.05) is 26.8 Å². The molecule has 0 aromatic carbocycles. The van der Waals surface area contributed by atoms with Gasteiger partial charge >= 0.3 is 6.09 Å². The van der Waals surface area contributed by atoms with Gasteiger partial charge in [0.1, 0.15) is 11.4 Å². The summed E-state index contributed by atoms with van der Waals surface area (Å²) in [6.45, 7) is 8.26. The van der Waals surface area contributed by atoms with E-state index in [1.54, 1.807) is 29.6 Å². The third-order valence-electron chi connectivity index (χ3n) is 3.20. The van der Waals surface area contributed by atoms with Crippen LogP contribution in [0.2, 0.25) is 0 Å². The van der Waals surface area contributed by atoms with Crippen LogP contribution in [-0.2, 0) is 10.2 Å². The highest BCUT2D eigenvalue weighted by Crippen LogP contribution is 2.30. The molecule has 0 saturated carbocycles. The lowest BCUT2D eigenvalue weighted by Crippen LogP contribution is -2.39. The maximum Gasteiger partial charge on any atom is 0.414 e. The molecule has 5 heteroatoms. The fourth-order valence-electron chi connectivity index (χ4n) is 2.02. The molecule has 2 heterocycles. The zero-order valence-electron chi connectivity index (χ0n) is 12.5. The Bertz CT molecular complexity index is 508. The molecule has 0 saturated heterocycles. The van der Waals surface area contributed by atoms with Crippen LogP contribution >= 0.6 is 0 Å². The van der Waals surface area contributed by atoms with Gasteiger partial charge in [0.05, 0.1) is 0 Å². The van der Waals surface area contributed by atoms with E-state index < -0.39 is 5.60 Å². The summed E-state index contributed by atoms with van der Waals surface area (Å²) < 4.78 is 5.36. The van der Waals surface area contributed by atoms with Crippen molar-refractivity contribution in [3.8, 4) is 0 Å². The fraction of sp³-hybridized carbons (Fsp3) is 0.533. The molecule has 0 N–H and O–H groups in total. The molecule has 0 radical (unpaired) electrons. The lowest BCUT2D eigenvalue weighted by atomic mass is 9.83. The number of carbonyl (C=O) groups excluding carboxylic acids is 1. The molecule has 20 heavy (non-hydrogen) atoms. The number of hydrogen-bond donors (Lipinski definition) is 0. The molecule has 5 nitrogen and oxygen atoms in total. The van der Waals surface area contributed by atoms with Crippen LogP contribution in [0.3, 0.4) is 0 Å². The lowest BCUT2D eigenvalue weighted by Gasteiger charge is -2.33. The molecule has 1 aliphatic heterocycles. The van der Waals surface area contributed by atoms with Crippen molar-refractivity contribution in [3.63, 3.8) is 0 Å². The summed E-state index contributed by atoms with van der Waals surface area (Å²) in [6.07, 6.45) is 7.67. The standard InChI is InChI=1S/C15H21N3O2/c1-14(2,3)20-13(19)18-10-6-15(4,7-11-18)12-16-8-5-9-17-12/h5-6,8-10H,7,11H2,1-4H3. The van der Waals surface area contributed by atoms with Crippen molar-refractivity contribution in [2.75, 3.05) is 6.54 Å². The van der Waals surface area contributed by atoms with Gasteiger partial charge in [0.25, 0.3) is 0 Å². The molecule has 0 fully saturated rings. The average molecular weight is 275 g/mol. The first-order valence-electron chi connectivity index (χ1n) is 6.77. The molecule has 1 aliphatic rings. The Kier molecular flexibility index (Phi) is 3.79. The molecular weight excluding hydrogens is 254 g/mol. The van der Waals surface area contributed by atoms with Crippen molar-refractivity contribution in [2.45, 2.75) is 45.1 Å². The van der Waals surface area contributed by atoms with Crippen LogP contribution in [0, 0.1) is 0 Å². The van der Waals surface area contributed by atoms with Crippen LogP contribution in [0.15, 0.2) is 30.7 Å². The molecule has 0 spiro atoms. The van der Waals surface area contributed by atoms with Gasteiger partial charge < -0.3 is 4.74 Å². The SMILES string of the molecule is CC(C)(C)OC(=O)N1C=CC(C)(c2ncccn2)CC1. The summed E-state index contributed by atoms with van der Waals surface area (Å²) in [7, 11) is 0. The highest BCUT2D eigenvalue weighted by Gasteiger charge is 2.32. The highest BCUT2D eigenvalue weighted by atomic mass is 16.6. The van der Waals surface area contributed by atoms with E-state index in [0.717, 1.165) is 12.2 Å². The summed E-state index contributed by atoms with van der Waals surface area (Å²) >= 11 is 0. The van der Waals surface area contributed by atoms with Crippen molar-refractivity contribution in [1.29, 1.82) is 0 Å². The number of rotatable bonds is 1. The second kappa shape index (κ2) is 5.23. The molecule has 2 rings (SSSR count). The van der Waals surface area contributed by atoms with Gasteiger partial charge in [0.15, 0.2) is 0 Å². The van der Waals surface area contributed by atoms with Crippen LogP contribution in [0.4, 0.5) is 4.79 Å². The molecule has 0 bridgehead atoms. The second-order valence-corrected chi connectivity index (χ2v) is 6.23. The normalized spacial score (nSPS) is 22.7. The Balaban J connectivity index is 2.09. The predicted octanol–water partition coefficient (Wildman–Crippen LogP) is 2.89. The van der Waals surface area contributed by atoms with E-state index in [9.17, 15) is 4.79 Å². The van der Waals surface area contributed by atoms with Gasteiger partial charge in [-0.15, -0.1) is 0 Å². The summed E-state index contributed by atoms with van der Waals surface area (Å²) in [6, 6.07) is 1.80. The van der Waals surface area contributed by atoms with Gasteiger partial charge in [-0.3, -0.25) is 4.90 Å². The minimum atomic E-state index is -0.478. The van der Waals surface area contributed by atoms with Crippen molar-refractivity contribution in [3.05, 3.63) is 36.6 Å². The first kappa shape index (κ1) is 14.5. The molecule has 1 unspecified atom stereocenters. The van der Waals surface area contributed by atoms with Crippen LogP contribution in [0.5, 0.6) is 0 Å². The molecule has 0 aliphatic carbocycles. The smallest absolute Gasteiger partial charge is 0.414 e. The maximum absolute atomic E-state index is 12.0. The molecule has 108 valence electrons. The highest BCUT2D eigenvalue weighted by molar-refractivity contribution is 5.69. The van der Waals surface area contributed by atoms with E-state index in [2.05, 4.69) is 16.9 Å². The molecule has 1 aromatic heterocycles.